The molecule has 31 heavy (non-hydrogen) atoms. The van der Waals surface area contributed by atoms with Gasteiger partial charge in [0.2, 0.25) is 11.3 Å². The highest BCUT2D eigenvalue weighted by atomic mass is 32.2. The number of nitrogens with zero attached hydrogens (tertiary/aromatic N) is 3. The van der Waals surface area contributed by atoms with Crippen LogP contribution in [0.1, 0.15) is 43.6 Å². The fraction of sp³-hybridized carbons (Fsp3) is 0.444. The third kappa shape index (κ3) is 4.41. The molecule has 1 aliphatic carbocycles. The molecule has 1 unspecified atom stereocenters. The summed E-state index contributed by atoms with van der Waals surface area (Å²) in [6.07, 6.45) is 3.90. The van der Waals surface area contributed by atoms with E-state index in [0.29, 0.717) is 12.2 Å². The fourth-order valence-electron chi connectivity index (χ4n) is 3.09. The van der Waals surface area contributed by atoms with Crippen LogP contribution in [0.4, 0.5) is 11.5 Å². The Balaban J connectivity index is 1.65. The molecule has 0 spiro atoms. The summed E-state index contributed by atoms with van der Waals surface area (Å²) in [5.41, 5.74) is 1.36. The molecule has 13 heteroatoms. The number of aromatic nitrogens is 2. The SMILES string of the molecule is CC[C@@H](N=c1[nH][s+]([O-])nc1Nc1csc(S(=O)(=O)N(C)C2CC2)c1O)c1cc(C)co1. The summed E-state index contributed by atoms with van der Waals surface area (Å²) < 4.78 is 50.9. The Labute approximate surface area is 186 Å². The van der Waals surface area contributed by atoms with E-state index in [1.54, 1.807) is 6.26 Å². The maximum Gasteiger partial charge on any atom is 0.256 e. The average molecular weight is 486 g/mol. The topological polar surface area (TPSA) is 147 Å². The molecule has 0 bridgehead atoms. The van der Waals surface area contributed by atoms with Gasteiger partial charge in [0.05, 0.1) is 12.0 Å². The first kappa shape index (κ1) is 22.0. The van der Waals surface area contributed by atoms with E-state index in [4.69, 9.17) is 4.42 Å². The largest absolute Gasteiger partial charge is 0.548 e. The second-order valence-corrected chi connectivity index (χ2v) is 11.3. The molecule has 0 aromatic carbocycles. The van der Waals surface area contributed by atoms with Crippen molar-refractivity contribution in [3.05, 3.63) is 34.5 Å². The van der Waals surface area contributed by atoms with Crippen LogP contribution in [0.2, 0.25) is 0 Å². The van der Waals surface area contributed by atoms with E-state index < -0.39 is 26.9 Å². The van der Waals surface area contributed by atoms with Gasteiger partial charge in [0.25, 0.3) is 10.0 Å². The zero-order valence-corrected chi connectivity index (χ0v) is 19.6. The molecule has 1 aliphatic rings. The molecule has 0 aliphatic heterocycles. The molecular weight excluding hydrogens is 462 g/mol. The Hall–Kier alpha value is -2.19. The van der Waals surface area contributed by atoms with E-state index in [0.717, 1.165) is 29.7 Å². The molecule has 0 saturated heterocycles. The number of aromatic hydroxyl groups is 1. The summed E-state index contributed by atoms with van der Waals surface area (Å²) >= 11 is -0.827. The van der Waals surface area contributed by atoms with Gasteiger partial charge in [0, 0.05) is 22.8 Å². The van der Waals surface area contributed by atoms with Crippen LogP contribution in [-0.4, -0.2) is 44.2 Å². The number of thiophene rings is 1. The maximum absolute atomic E-state index is 12.8. The smallest absolute Gasteiger partial charge is 0.256 e. The molecule has 1 fully saturated rings. The zero-order valence-electron chi connectivity index (χ0n) is 17.2. The Morgan fingerprint density at radius 2 is 2.29 bits per heavy atom. The van der Waals surface area contributed by atoms with Crippen molar-refractivity contribution in [1.29, 1.82) is 0 Å². The van der Waals surface area contributed by atoms with Crippen molar-refractivity contribution in [2.75, 3.05) is 12.4 Å². The standard InChI is InChI=1S/C18H23N5O5S3/c1-4-12(14-7-10(2)8-28-14)19-16-17(22-30(25)21-16)20-13-9-29-18(15(13)24)31(26,27)23(3)11-5-6-11/h7-9,11-12,24H,4-6H2,1-3H3,(H,19,21)(H,20,22)/t12-,30?/m1/s1. The highest BCUT2D eigenvalue weighted by Crippen LogP contribution is 2.42. The van der Waals surface area contributed by atoms with Crippen molar-refractivity contribution < 1.29 is 22.5 Å². The molecule has 3 aromatic rings. The van der Waals surface area contributed by atoms with E-state index in [2.05, 4.69) is 19.1 Å². The third-order valence-electron chi connectivity index (χ3n) is 4.99. The molecule has 4 rings (SSSR count). The van der Waals surface area contributed by atoms with Crippen molar-refractivity contribution in [1.82, 2.24) is 13.1 Å². The van der Waals surface area contributed by atoms with Gasteiger partial charge in [-0.1, -0.05) is 6.92 Å². The predicted octanol–water partition coefficient (Wildman–Crippen LogP) is 3.38. The minimum atomic E-state index is -3.80. The summed E-state index contributed by atoms with van der Waals surface area (Å²) in [6, 6.07) is 1.54. The van der Waals surface area contributed by atoms with Crippen molar-refractivity contribution in [3.8, 4) is 5.75 Å². The number of nitrogens with one attached hydrogen (secondary N) is 2. The molecule has 1 saturated carbocycles. The Kier molecular flexibility index (Phi) is 5.96. The lowest BCUT2D eigenvalue weighted by Gasteiger charge is -2.15. The Morgan fingerprint density at radius 3 is 2.90 bits per heavy atom. The number of hydrogen-bond acceptors (Lipinski definition) is 9. The van der Waals surface area contributed by atoms with Gasteiger partial charge >= 0.3 is 0 Å². The zero-order chi connectivity index (χ0) is 22.3. The van der Waals surface area contributed by atoms with Gasteiger partial charge in [-0.2, -0.15) is 4.31 Å². The summed E-state index contributed by atoms with van der Waals surface area (Å²) in [4.78, 5) is 4.57. The second kappa shape index (κ2) is 8.39. The Bertz CT molecular complexity index is 1250. The molecule has 3 aromatic heterocycles. The van der Waals surface area contributed by atoms with Crippen molar-refractivity contribution in [2.45, 2.75) is 49.4 Å². The van der Waals surface area contributed by atoms with Crippen molar-refractivity contribution >= 4 is 44.0 Å². The molecule has 3 heterocycles. The van der Waals surface area contributed by atoms with Gasteiger partial charge in [0.15, 0.2) is 21.1 Å². The van der Waals surface area contributed by atoms with Crippen LogP contribution in [0.3, 0.4) is 0 Å². The molecule has 0 radical (unpaired) electrons. The number of aromatic amines is 1. The van der Waals surface area contributed by atoms with Crippen LogP contribution in [0.15, 0.2) is 31.3 Å². The minimum Gasteiger partial charge on any atom is -0.548 e. The lowest BCUT2D eigenvalue weighted by atomic mass is 10.1. The Morgan fingerprint density at radius 1 is 1.55 bits per heavy atom. The molecule has 2 atom stereocenters. The monoisotopic (exact) mass is 485 g/mol. The van der Waals surface area contributed by atoms with Crippen LogP contribution >= 0.6 is 22.5 Å². The van der Waals surface area contributed by atoms with Gasteiger partial charge in [-0.15, -0.1) is 15.7 Å². The van der Waals surface area contributed by atoms with Gasteiger partial charge in [-0.05, 0) is 37.8 Å². The second-order valence-electron chi connectivity index (χ2n) is 7.38. The summed E-state index contributed by atoms with van der Waals surface area (Å²) in [5.74, 6) is 0.416. The van der Waals surface area contributed by atoms with Gasteiger partial charge in [0.1, 0.15) is 11.8 Å². The lowest BCUT2D eigenvalue weighted by molar-refractivity contribution is 0.445. The van der Waals surface area contributed by atoms with Crippen molar-refractivity contribution in [2.24, 2.45) is 4.99 Å². The number of sulfonamides is 1. The number of aryl methyl sites for hydroxylation is 1. The maximum atomic E-state index is 12.8. The number of hydrogen-bond donors (Lipinski definition) is 3. The lowest BCUT2D eigenvalue weighted by Crippen LogP contribution is -2.28. The van der Waals surface area contributed by atoms with Crippen LogP contribution in [0.5, 0.6) is 5.75 Å². The molecule has 3 N–H and O–H groups in total. The van der Waals surface area contributed by atoms with Gasteiger partial charge in [-0.3, -0.25) is 0 Å². The van der Waals surface area contributed by atoms with Crippen LogP contribution in [-0.2, 0) is 10.0 Å². The van der Waals surface area contributed by atoms with E-state index >= 15 is 0 Å². The first-order valence-corrected chi connectivity index (χ1v) is 13.1. The van der Waals surface area contributed by atoms with Crippen molar-refractivity contribution in [3.63, 3.8) is 0 Å². The van der Waals surface area contributed by atoms with E-state index in [1.165, 1.54) is 16.7 Å². The first-order chi connectivity index (χ1) is 14.7. The molecule has 168 valence electrons. The number of rotatable bonds is 8. The molecule has 10 nitrogen and oxygen atoms in total. The molecular formula is C18H23N5O5S3. The third-order valence-corrected chi connectivity index (χ3v) is 9.11. The normalized spacial score (nSPS) is 16.8. The highest BCUT2D eigenvalue weighted by molar-refractivity contribution is 7.91. The van der Waals surface area contributed by atoms with Gasteiger partial charge < -0.3 is 19.4 Å². The number of furan rings is 1. The number of anilines is 2. The average Bonchev–Trinajstić information content (AvgIpc) is 3.24. The van der Waals surface area contributed by atoms with Crippen LogP contribution in [0.25, 0.3) is 0 Å². The fourth-order valence-corrected chi connectivity index (χ4v) is 6.57. The predicted molar refractivity (Wildman–Crippen MR) is 117 cm³/mol. The van der Waals surface area contributed by atoms with E-state index in [-0.39, 0.29) is 33.3 Å². The number of H-pyrrole nitrogens is 1. The van der Waals surface area contributed by atoms with Gasteiger partial charge in [-0.25, -0.2) is 13.4 Å². The highest BCUT2D eigenvalue weighted by Gasteiger charge is 2.37. The summed E-state index contributed by atoms with van der Waals surface area (Å²) in [7, 11) is -2.28. The van der Waals surface area contributed by atoms with E-state index in [1.807, 2.05) is 19.9 Å². The van der Waals surface area contributed by atoms with Crippen LogP contribution < -0.4 is 10.8 Å². The first-order valence-electron chi connectivity index (χ1n) is 9.66. The minimum absolute atomic E-state index is 0.0244. The van der Waals surface area contributed by atoms with Crippen LogP contribution in [0, 0.1) is 6.92 Å². The summed E-state index contributed by atoms with van der Waals surface area (Å²) in [5, 5.41) is 14.9. The van der Waals surface area contributed by atoms with E-state index in [9.17, 15) is 18.1 Å². The quantitative estimate of drug-likeness (QED) is 0.414. The summed E-state index contributed by atoms with van der Waals surface area (Å²) in [6.45, 7) is 3.86. The molecule has 0 amide bonds.